The van der Waals surface area contributed by atoms with Crippen LogP contribution in [0.15, 0.2) is 48.8 Å². The lowest BCUT2D eigenvalue weighted by atomic mass is 9.97. The SMILES string of the molecule is CN(C[C@H]1CCCN(CCc2ccccc2F)C1)C(=O)c1cccnc1. The van der Waals surface area contributed by atoms with Crippen LogP contribution in [0.3, 0.4) is 0 Å². The quantitative estimate of drug-likeness (QED) is 0.798. The molecule has 1 atom stereocenters. The number of carbonyl (C=O) groups excluding carboxylic acids is 1. The molecule has 1 aromatic carbocycles. The summed E-state index contributed by atoms with van der Waals surface area (Å²) in [6.45, 7) is 3.60. The second kappa shape index (κ2) is 8.90. The summed E-state index contributed by atoms with van der Waals surface area (Å²) in [5, 5.41) is 0. The number of likely N-dealkylation sites (tertiary alicyclic amines) is 1. The molecule has 4 nitrogen and oxygen atoms in total. The topological polar surface area (TPSA) is 36.4 Å². The Morgan fingerprint density at radius 2 is 2.15 bits per heavy atom. The van der Waals surface area contributed by atoms with Gasteiger partial charge in [0.25, 0.3) is 5.91 Å². The molecule has 1 aliphatic heterocycles. The van der Waals surface area contributed by atoms with Gasteiger partial charge >= 0.3 is 0 Å². The molecular formula is C21H26FN3O. The molecule has 0 bridgehead atoms. The van der Waals surface area contributed by atoms with E-state index in [9.17, 15) is 9.18 Å². The van der Waals surface area contributed by atoms with Crippen molar-refractivity contribution in [3.05, 3.63) is 65.7 Å². The molecule has 1 saturated heterocycles. The number of hydrogen-bond donors (Lipinski definition) is 0. The fourth-order valence-corrected chi connectivity index (χ4v) is 3.66. The summed E-state index contributed by atoms with van der Waals surface area (Å²) in [5.74, 6) is 0.347. The van der Waals surface area contributed by atoms with Crippen molar-refractivity contribution in [2.75, 3.05) is 33.2 Å². The van der Waals surface area contributed by atoms with E-state index >= 15 is 0 Å². The van der Waals surface area contributed by atoms with E-state index in [0.717, 1.165) is 51.0 Å². The smallest absolute Gasteiger partial charge is 0.255 e. The van der Waals surface area contributed by atoms with Gasteiger partial charge in [0.1, 0.15) is 5.82 Å². The van der Waals surface area contributed by atoms with Gasteiger partial charge in [-0.1, -0.05) is 18.2 Å². The van der Waals surface area contributed by atoms with Crippen molar-refractivity contribution < 1.29 is 9.18 Å². The van der Waals surface area contributed by atoms with Crippen molar-refractivity contribution in [2.24, 2.45) is 5.92 Å². The van der Waals surface area contributed by atoms with E-state index in [1.54, 1.807) is 35.5 Å². The second-order valence-electron chi connectivity index (χ2n) is 7.08. The number of benzene rings is 1. The minimum absolute atomic E-state index is 0.0154. The van der Waals surface area contributed by atoms with Gasteiger partial charge in [0.2, 0.25) is 0 Å². The number of halogens is 1. The Morgan fingerprint density at radius 1 is 1.31 bits per heavy atom. The van der Waals surface area contributed by atoms with Gasteiger partial charge in [-0.3, -0.25) is 9.78 Å². The highest BCUT2D eigenvalue weighted by Crippen LogP contribution is 2.19. The van der Waals surface area contributed by atoms with Crippen LogP contribution in [0.1, 0.15) is 28.8 Å². The predicted octanol–water partition coefficient (Wildman–Crippen LogP) is 3.25. The van der Waals surface area contributed by atoms with Crippen LogP contribution in [-0.4, -0.2) is 53.9 Å². The van der Waals surface area contributed by atoms with Crippen molar-refractivity contribution in [1.82, 2.24) is 14.8 Å². The summed E-state index contributed by atoms with van der Waals surface area (Å²) in [4.78, 5) is 20.7. The molecule has 0 radical (unpaired) electrons. The number of hydrogen-bond acceptors (Lipinski definition) is 3. The first-order valence-electron chi connectivity index (χ1n) is 9.24. The Hall–Kier alpha value is -2.27. The normalized spacial score (nSPS) is 17.8. The first kappa shape index (κ1) is 18.5. The largest absolute Gasteiger partial charge is 0.341 e. The molecule has 138 valence electrons. The van der Waals surface area contributed by atoms with Gasteiger partial charge in [-0.05, 0) is 55.5 Å². The Bertz CT molecular complexity index is 722. The van der Waals surface area contributed by atoms with Gasteiger partial charge in [-0.2, -0.15) is 0 Å². The highest BCUT2D eigenvalue weighted by atomic mass is 19.1. The van der Waals surface area contributed by atoms with Gasteiger partial charge in [-0.25, -0.2) is 4.39 Å². The molecule has 3 rings (SSSR count). The van der Waals surface area contributed by atoms with Gasteiger partial charge < -0.3 is 9.80 Å². The summed E-state index contributed by atoms with van der Waals surface area (Å²) >= 11 is 0. The minimum Gasteiger partial charge on any atom is -0.341 e. The second-order valence-corrected chi connectivity index (χ2v) is 7.08. The van der Waals surface area contributed by atoms with Crippen LogP contribution in [-0.2, 0) is 6.42 Å². The van der Waals surface area contributed by atoms with Crippen LogP contribution in [0.5, 0.6) is 0 Å². The Labute approximate surface area is 154 Å². The Balaban J connectivity index is 1.50. The molecule has 0 saturated carbocycles. The van der Waals surface area contributed by atoms with Gasteiger partial charge in [0.15, 0.2) is 0 Å². The first-order chi connectivity index (χ1) is 12.6. The van der Waals surface area contributed by atoms with E-state index < -0.39 is 0 Å². The van der Waals surface area contributed by atoms with Gasteiger partial charge in [0, 0.05) is 39.1 Å². The number of rotatable bonds is 6. The van der Waals surface area contributed by atoms with Crippen LogP contribution in [0.2, 0.25) is 0 Å². The van der Waals surface area contributed by atoms with Crippen LogP contribution < -0.4 is 0 Å². The van der Waals surface area contributed by atoms with Gasteiger partial charge in [-0.15, -0.1) is 0 Å². The molecule has 0 aliphatic carbocycles. The highest BCUT2D eigenvalue weighted by Gasteiger charge is 2.23. The molecule has 2 heterocycles. The van der Waals surface area contributed by atoms with Crippen molar-refractivity contribution in [2.45, 2.75) is 19.3 Å². The molecule has 1 aromatic heterocycles. The molecule has 0 spiro atoms. The van der Waals surface area contributed by atoms with Crippen LogP contribution in [0, 0.1) is 11.7 Å². The summed E-state index contributed by atoms with van der Waals surface area (Å²) in [7, 11) is 1.85. The summed E-state index contributed by atoms with van der Waals surface area (Å²) in [5.41, 5.74) is 1.40. The third-order valence-corrected chi connectivity index (χ3v) is 5.05. The van der Waals surface area contributed by atoms with Crippen molar-refractivity contribution in [1.29, 1.82) is 0 Å². The van der Waals surface area contributed by atoms with Crippen LogP contribution in [0.4, 0.5) is 4.39 Å². The zero-order chi connectivity index (χ0) is 18.4. The molecule has 26 heavy (non-hydrogen) atoms. The molecule has 0 unspecified atom stereocenters. The Kier molecular flexibility index (Phi) is 6.34. The minimum atomic E-state index is -0.122. The Morgan fingerprint density at radius 3 is 2.92 bits per heavy atom. The third-order valence-electron chi connectivity index (χ3n) is 5.05. The van der Waals surface area contributed by atoms with Crippen molar-refractivity contribution in [3.63, 3.8) is 0 Å². The zero-order valence-electron chi connectivity index (χ0n) is 15.3. The molecule has 1 aliphatic rings. The summed E-state index contributed by atoms with van der Waals surface area (Å²) < 4.78 is 13.8. The maximum atomic E-state index is 13.8. The van der Waals surface area contributed by atoms with E-state index in [4.69, 9.17) is 0 Å². The maximum absolute atomic E-state index is 13.8. The van der Waals surface area contributed by atoms with E-state index in [0.29, 0.717) is 11.5 Å². The number of piperidine rings is 1. The standard InChI is InChI=1S/C21H26FN3O/c1-24(21(26)19-8-4-11-23-14-19)15-17-6-5-12-25(16-17)13-10-18-7-2-3-9-20(18)22/h2-4,7-9,11,14,17H,5-6,10,12-13,15-16H2,1H3/t17-/m1/s1. The number of pyridine rings is 1. The van der Waals surface area contributed by atoms with Gasteiger partial charge in [0.05, 0.1) is 5.56 Å². The number of aromatic nitrogens is 1. The van der Waals surface area contributed by atoms with Crippen molar-refractivity contribution in [3.8, 4) is 0 Å². The zero-order valence-corrected chi connectivity index (χ0v) is 15.3. The van der Waals surface area contributed by atoms with Crippen molar-refractivity contribution >= 4 is 5.91 Å². The lowest BCUT2D eigenvalue weighted by molar-refractivity contribution is 0.0730. The molecule has 1 amide bonds. The fraction of sp³-hybridized carbons (Fsp3) is 0.429. The van der Waals surface area contributed by atoms with E-state index in [2.05, 4.69) is 9.88 Å². The molecule has 0 N–H and O–H groups in total. The third kappa shape index (κ3) is 4.88. The fourth-order valence-electron chi connectivity index (χ4n) is 3.66. The number of nitrogens with zero attached hydrogens (tertiary/aromatic N) is 3. The van der Waals surface area contributed by atoms with Crippen LogP contribution in [0.25, 0.3) is 0 Å². The lowest BCUT2D eigenvalue weighted by Gasteiger charge is -2.34. The number of amides is 1. The van der Waals surface area contributed by atoms with E-state index in [1.807, 2.05) is 19.2 Å². The monoisotopic (exact) mass is 355 g/mol. The summed E-state index contributed by atoms with van der Waals surface area (Å²) in [6.07, 6.45) is 6.26. The average Bonchev–Trinajstić information content (AvgIpc) is 2.68. The molecular weight excluding hydrogens is 329 g/mol. The lowest BCUT2D eigenvalue weighted by Crippen LogP contribution is -2.42. The summed E-state index contributed by atoms with van der Waals surface area (Å²) in [6, 6.07) is 10.6. The number of carbonyl (C=O) groups is 1. The first-order valence-corrected chi connectivity index (χ1v) is 9.24. The molecule has 1 fully saturated rings. The molecule has 5 heteroatoms. The highest BCUT2D eigenvalue weighted by molar-refractivity contribution is 5.93. The predicted molar refractivity (Wildman–Crippen MR) is 100 cm³/mol. The van der Waals surface area contributed by atoms with Crippen LogP contribution >= 0.6 is 0 Å². The van der Waals surface area contributed by atoms with E-state index in [1.165, 1.54) is 6.07 Å². The average molecular weight is 355 g/mol. The maximum Gasteiger partial charge on any atom is 0.255 e. The molecule has 2 aromatic rings. The van der Waals surface area contributed by atoms with E-state index in [-0.39, 0.29) is 11.7 Å².